The third kappa shape index (κ3) is 14.8. The second-order valence-corrected chi connectivity index (χ2v) is 11.5. The molecule has 0 N–H and O–H groups in total. The Hall–Kier alpha value is -2.46. The summed E-state index contributed by atoms with van der Waals surface area (Å²) in [6.45, 7) is 9.94. The molecule has 1 fully saturated rings. The van der Waals surface area contributed by atoms with Gasteiger partial charge in [0, 0.05) is 45.5 Å². The summed E-state index contributed by atoms with van der Waals surface area (Å²) in [4.78, 5) is 36.1. The van der Waals surface area contributed by atoms with Crippen LogP contribution in [0.15, 0.2) is 18.3 Å². The molecule has 0 unspecified atom stereocenters. The number of unbranched alkanes of at least 4 members (excludes halogenated alkanes) is 13. The van der Waals surface area contributed by atoms with E-state index in [0.717, 1.165) is 77.1 Å². The van der Waals surface area contributed by atoms with Crippen molar-refractivity contribution in [3.05, 3.63) is 39.2 Å². The molecule has 0 bridgehead atoms. The Kier molecular flexibility index (Phi) is 17.2. The van der Waals surface area contributed by atoms with Gasteiger partial charge in [0.25, 0.3) is 5.09 Å². The molecular weight excluding hydrogens is 510 g/mol. The van der Waals surface area contributed by atoms with E-state index in [-0.39, 0.29) is 13.2 Å². The highest BCUT2D eigenvalue weighted by Gasteiger charge is 2.19. The van der Waals surface area contributed by atoms with E-state index in [4.69, 9.17) is 0 Å². The Labute approximate surface area is 241 Å². The van der Waals surface area contributed by atoms with Crippen molar-refractivity contribution in [1.82, 2.24) is 14.9 Å². The maximum Gasteiger partial charge on any atom is 0.294 e. The zero-order valence-electron chi connectivity index (χ0n) is 24.9. The lowest BCUT2D eigenvalue weighted by Gasteiger charge is -2.36. The lowest BCUT2D eigenvalue weighted by molar-refractivity contribution is -0.757. The summed E-state index contributed by atoms with van der Waals surface area (Å²) in [6, 6.07) is 3.59. The molecule has 1 amide bonds. The third-order valence-electron chi connectivity index (χ3n) is 7.49. The van der Waals surface area contributed by atoms with Crippen molar-refractivity contribution in [1.29, 1.82) is 0 Å². The zero-order chi connectivity index (χ0) is 29.0. The predicted molar refractivity (Wildman–Crippen MR) is 160 cm³/mol. The number of carbonyl (C=O) groups excluding carboxylic acids is 1. The highest BCUT2D eigenvalue weighted by molar-refractivity contribution is 5.94. The SMILES string of the molecule is CC(C)CN1CCN(c2ccc(C(=O)N([O-])CCCCCCCCCCCCCCCCO[N+](=O)[O-])cn2)CC1. The van der Waals surface area contributed by atoms with Gasteiger partial charge in [-0.1, -0.05) is 90.9 Å². The van der Waals surface area contributed by atoms with E-state index < -0.39 is 11.0 Å². The zero-order valence-corrected chi connectivity index (χ0v) is 24.9. The molecule has 10 nitrogen and oxygen atoms in total. The van der Waals surface area contributed by atoms with Crippen LogP contribution >= 0.6 is 0 Å². The van der Waals surface area contributed by atoms with E-state index >= 15 is 0 Å². The van der Waals surface area contributed by atoms with Crippen molar-refractivity contribution in [3.63, 3.8) is 0 Å². The van der Waals surface area contributed by atoms with Crippen molar-refractivity contribution in [3.8, 4) is 0 Å². The van der Waals surface area contributed by atoms with Crippen LogP contribution in [0.5, 0.6) is 0 Å². The maximum atomic E-state index is 12.5. The molecule has 1 aromatic heterocycles. The number of hydrogen-bond donors (Lipinski definition) is 0. The van der Waals surface area contributed by atoms with E-state index in [1.165, 1.54) is 51.4 Å². The fourth-order valence-electron chi connectivity index (χ4n) is 5.24. The first-order chi connectivity index (χ1) is 19.4. The number of carbonyl (C=O) groups is 1. The Morgan fingerprint density at radius 2 is 1.43 bits per heavy atom. The molecule has 1 aliphatic heterocycles. The fourth-order valence-corrected chi connectivity index (χ4v) is 5.24. The van der Waals surface area contributed by atoms with Gasteiger partial charge in [-0.2, -0.15) is 0 Å². The van der Waals surface area contributed by atoms with Crippen molar-refractivity contribution in [2.75, 3.05) is 50.8 Å². The molecule has 2 heterocycles. The molecule has 0 spiro atoms. The van der Waals surface area contributed by atoms with Gasteiger partial charge in [0.15, 0.2) is 0 Å². The second kappa shape index (κ2) is 20.4. The van der Waals surface area contributed by atoms with Crippen LogP contribution in [0.3, 0.4) is 0 Å². The van der Waals surface area contributed by atoms with Gasteiger partial charge in [0.05, 0.1) is 12.2 Å². The summed E-state index contributed by atoms with van der Waals surface area (Å²) in [5, 5.41) is 22.2. The number of rotatable bonds is 22. The van der Waals surface area contributed by atoms with Crippen molar-refractivity contribution in [2.24, 2.45) is 5.92 Å². The molecular formula is C30H52N5O5-. The van der Waals surface area contributed by atoms with Crippen LogP contribution in [0.4, 0.5) is 5.82 Å². The van der Waals surface area contributed by atoms with Crippen molar-refractivity contribution >= 4 is 11.7 Å². The van der Waals surface area contributed by atoms with E-state index in [2.05, 4.69) is 33.5 Å². The third-order valence-corrected chi connectivity index (χ3v) is 7.49. The van der Waals surface area contributed by atoms with Crippen LogP contribution in [0.1, 0.15) is 114 Å². The molecule has 0 radical (unpaired) electrons. The minimum Gasteiger partial charge on any atom is -0.756 e. The molecule has 1 saturated heterocycles. The molecule has 0 aliphatic carbocycles. The van der Waals surface area contributed by atoms with E-state index in [1.54, 1.807) is 12.3 Å². The summed E-state index contributed by atoms with van der Waals surface area (Å²) in [7, 11) is 0. The van der Waals surface area contributed by atoms with Crippen LogP contribution in [0, 0.1) is 21.2 Å². The summed E-state index contributed by atoms with van der Waals surface area (Å²) < 4.78 is 0. The average Bonchev–Trinajstić information content (AvgIpc) is 2.94. The number of hydrogen-bond acceptors (Lipinski definition) is 8. The molecule has 228 valence electrons. The van der Waals surface area contributed by atoms with Crippen molar-refractivity contribution < 1.29 is 14.7 Å². The summed E-state index contributed by atoms with van der Waals surface area (Å²) in [5.41, 5.74) is 0.361. The van der Waals surface area contributed by atoms with Crippen molar-refractivity contribution in [2.45, 2.75) is 104 Å². The van der Waals surface area contributed by atoms with E-state index in [9.17, 15) is 20.1 Å². The van der Waals surface area contributed by atoms with Gasteiger partial charge in [-0.3, -0.25) is 9.69 Å². The average molecular weight is 563 g/mol. The van der Waals surface area contributed by atoms with Crippen LogP contribution < -0.4 is 4.90 Å². The van der Waals surface area contributed by atoms with Crippen LogP contribution in [0.2, 0.25) is 0 Å². The number of amides is 1. The summed E-state index contributed by atoms with van der Waals surface area (Å²) >= 11 is 0. The quantitative estimate of drug-likeness (QED) is 0.0897. The van der Waals surface area contributed by atoms with Gasteiger partial charge in [0.2, 0.25) is 5.91 Å². The standard InChI is InChI=1S/C30H52N5O5/c1-27(2)26-32-20-22-33(23-21-32)29-18-17-28(25-31-29)30(36)34(37)19-15-13-11-9-7-5-3-4-6-8-10-12-14-16-24-40-35(38)39/h17-18,25,27H,3-16,19-24,26H2,1-2H3/q-1. The van der Waals surface area contributed by atoms with Gasteiger partial charge in [0.1, 0.15) is 5.82 Å². The molecule has 2 rings (SSSR count). The monoisotopic (exact) mass is 562 g/mol. The second-order valence-electron chi connectivity index (χ2n) is 11.5. The molecule has 0 aromatic carbocycles. The van der Waals surface area contributed by atoms with Gasteiger partial charge < -0.3 is 20.0 Å². The topological polar surface area (TPSA) is 115 Å². The summed E-state index contributed by atoms with van der Waals surface area (Å²) in [5.74, 6) is 1.04. The van der Waals surface area contributed by atoms with Gasteiger partial charge >= 0.3 is 0 Å². The molecule has 1 aromatic rings. The first-order valence-electron chi connectivity index (χ1n) is 15.6. The molecule has 0 atom stereocenters. The Balaban J connectivity index is 1.44. The maximum absolute atomic E-state index is 12.5. The Morgan fingerprint density at radius 3 is 1.90 bits per heavy atom. The first-order valence-corrected chi connectivity index (χ1v) is 15.6. The number of anilines is 1. The Morgan fingerprint density at radius 1 is 0.900 bits per heavy atom. The number of hydroxylamine groups is 2. The van der Waals surface area contributed by atoms with E-state index in [0.29, 0.717) is 16.5 Å². The largest absolute Gasteiger partial charge is 0.756 e. The Bertz CT molecular complexity index is 815. The smallest absolute Gasteiger partial charge is 0.294 e. The van der Waals surface area contributed by atoms with Gasteiger partial charge in [-0.05, 0) is 30.9 Å². The first kappa shape index (κ1) is 33.7. The molecule has 1 aliphatic rings. The fraction of sp³-hybridized carbons (Fsp3) is 0.800. The van der Waals surface area contributed by atoms with Gasteiger partial charge in [-0.15, -0.1) is 10.1 Å². The molecule has 0 saturated carbocycles. The predicted octanol–water partition coefficient (Wildman–Crippen LogP) is 6.47. The molecule has 10 heteroatoms. The normalized spacial score (nSPS) is 14.1. The molecule has 40 heavy (non-hydrogen) atoms. The van der Waals surface area contributed by atoms with Gasteiger partial charge in [-0.25, -0.2) is 4.98 Å². The minimum absolute atomic E-state index is 0.212. The lowest BCUT2D eigenvalue weighted by atomic mass is 10.0. The highest BCUT2D eigenvalue weighted by Crippen LogP contribution is 2.17. The highest BCUT2D eigenvalue weighted by atomic mass is 16.9. The van der Waals surface area contributed by atoms with Crippen LogP contribution in [-0.2, 0) is 4.84 Å². The minimum atomic E-state index is -0.724. The van der Waals surface area contributed by atoms with Crippen LogP contribution in [-0.4, -0.2) is 71.8 Å². The number of pyridine rings is 1. The number of nitrogens with zero attached hydrogens (tertiary/aromatic N) is 5. The lowest BCUT2D eigenvalue weighted by Crippen LogP contribution is -2.47. The number of piperazine rings is 1. The summed E-state index contributed by atoms with van der Waals surface area (Å²) in [6.07, 6.45) is 17.1. The number of aromatic nitrogens is 1. The van der Waals surface area contributed by atoms with E-state index in [1.807, 2.05) is 6.07 Å². The van der Waals surface area contributed by atoms with Crippen LogP contribution in [0.25, 0.3) is 0 Å².